The number of hydrogen-bond acceptors (Lipinski definition) is 7. The Morgan fingerprint density at radius 1 is 0.900 bits per heavy atom. The van der Waals surface area contributed by atoms with Crippen molar-refractivity contribution in [2.45, 2.75) is 32.7 Å². The van der Waals surface area contributed by atoms with Crippen LogP contribution in [0.5, 0.6) is 0 Å². The molecule has 1 saturated heterocycles. The molecule has 0 spiro atoms. The second-order valence-electron chi connectivity index (χ2n) is 11.0. The highest BCUT2D eigenvalue weighted by molar-refractivity contribution is 6.09. The van der Waals surface area contributed by atoms with E-state index in [0.717, 1.165) is 16.9 Å². The van der Waals surface area contributed by atoms with Crippen LogP contribution in [0.15, 0.2) is 66.7 Å². The van der Waals surface area contributed by atoms with Gasteiger partial charge in [0.25, 0.3) is 5.91 Å². The van der Waals surface area contributed by atoms with Crippen molar-refractivity contribution < 1.29 is 33.4 Å². The van der Waals surface area contributed by atoms with Crippen LogP contribution < -0.4 is 5.32 Å². The fourth-order valence-corrected chi connectivity index (χ4v) is 5.80. The number of rotatable bonds is 10. The first-order valence-corrected chi connectivity index (χ1v) is 13.6. The van der Waals surface area contributed by atoms with Crippen LogP contribution in [0, 0.1) is 29.6 Å². The molecule has 2 bridgehead atoms. The molecule has 1 heterocycles. The highest BCUT2D eigenvalue weighted by Gasteiger charge is 2.61. The molecule has 5 atom stereocenters. The van der Waals surface area contributed by atoms with Crippen molar-refractivity contribution in [2.24, 2.45) is 29.6 Å². The molecule has 0 radical (unpaired) electrons. The first kappa shape index (κ1) is 27.3. The highest BCUT2D eigenvalue weighted by atomic mass is 16.5. The summed E-state index contributed by atoms with van der Waals surface area (Å²) in [7, 11) is 0. The van der Waals surface area contributed by atoms with E-state index in [0.29, 0.717) is 17.9 Å². The minimum Gasteiger partial charge on any atom is -0.462 e. The van der Waals surface area contributed by atoms with Gasteiger partial charge >= 0.3 is 11.9 Å². The smallest absolute Gasteiger partial charge is 0.338 e. The first-order valence-electron chi connectivity index (χ1n) is 13.6. The Balaban J connectivity index is 1.22. The van der Waals surface area contributed by atoms with Gasteiger partial charge in [0.15, 0.2) is 6.61 Å². The van der Waals surface area contributed by atoms with E-state index in [1.54, 1.807) is 12.1 Å². The van der Waals surface area contributed by atoms with Gasteiger partial charge in [0, 0.05) is 12.1 Å². The summed E-state index contributed by atoms with van der Waals surface area (Å²) in [4.78, 5) is 65.8. The molecule has 5 rings (SSSR count). The molecule has 2 aromatic rings. The number of fused-ring (bicyclic) bond motifs is 5. The Morgan fingerprint density at radius 2 is 1.52 bits per heavy atom. The number of carbonyl (C=O) groups excluding carboxylic acids is 5. The second-order valence-corrected chi connectivity index (χ2v) is 11.0. The number of amides is 3. The van der Waals surface area contributed by atoms with Crippen molar-refractivity contribution in [3.8, 4) is 0 Å². The predicted octanol–water partition coefficient (Wildman–Crippen LogP) is 3.40. The SMILES string of the molecule is CC(C)COC(=O)c1ccc(NC(=O)COC(=O)[C@H](Cc2ccccc2)N2C(=O)[C@@H]3[C@@H](C2=O)[C@H]2C=C[C@H]3C2)cc1. The van der Waals surface area contributed by atoms with Crippen molar-refractivity contribution in [3.63, 3.8) is 0 Å². The topological polar surface area (TPSA) is 119 Å². The molecular weight excluding hydrogens is 512 g/mol. The number of nitrogens with zero attached hydrogens (tertiary/aromatic N) is 1. The lowest BCUT2D eigenvalue weighted by Gasteiger charge is -2.26. The van der Waals surface area contributed by atoms with Crippen molar-refractivity contribution in [1.82, 2.24) is 4.90 Å². The summed E-state index contributed by atoms with van der Waals surface area (Å²) in [6, 6.07) is 14.1. The summed E-state index contributed by atoms with van der Waals surface area (Å²) in [6.45, 7) is 3.59. The van der Waals surface area contributed by atoms with Crippen LogP contribution in [0.25, 0.3) is 0 Å². The maximum atomic E-state index is 13.4. The highest BCUT2D eigenvalue weighted by Crippen LogP contribution is 2.53. The van der Waals surface area contributed by atoms with Gasteiger partial charge < -0.3 is 14.8 Å². The quantitative estimate of drug-likeness (QED) is 0.277. The molecule has 40 heavy (non-hydrogen) atoms. The number of hydrogen-bond donors (Lipinski definition) is 1. The van der Waals surface area contributed by atoms with Crippen molar-refractivity contribution in [3.05, 3.63) is 77.9 Å². The van der Waals surface area contributed by atoms with Gasteiger partial charge in [0.05, 0.1) is 24.0 Å². The van der Waals surface area contributed by atoms with Crippen LogP contribution in [-0.4, -0.2) is 53.8 Å². The number of benzene rings is 2. The average Bonchev–Trinajstić information content (AvgIpc) is 3.64. The molecule has 3 amide bonds. The molecule has 2 aliphatic carbocycles. The summed E-state index contributed by atoms with van der Waals surface area (Å²) >= 11 is 0. The molecule has 0 unspecified atom stereocenters. The molecule has 0 aromatic heterocycles. The standard InChI is InChI=1S/C31H32N2O7/c1-18(2)16-39-30(37)20-10-12-23(13-11-20)32-25(34)17-40-31(38)24(14-19-6-4-3-5-7-19)33-28(35)26-21-8-9-22(15-21)27(26)29(33)36/h3-13,18,21-22,24,26-27H,14-17H2,1-2H3,(H,32,34)/t21-,22-,24-,26-,27-/m0/s1. The third kappa shape index (κ3) is 5.54. The lowest BCUT2D eigenvalue weighted by atomic mass is 9.85. The first-order chi connectivity index (χ1) is 19.2. The zero-order valence-electron chi connectivity index (χ0n) is 22.4. The van der Waals surface area contributed by atoms with Gasteiger partial charge in [-0.2, -0.15) is 0 Å². The summed E-state index contributed by atoms with van der Waals surface area (Å²) in [6.07, 6.45) is 4.87. The third-order valence-corrected chi connectivity index (χ3v) is 7.66. The molecule has 1 saturated carbocycles. The van der Waals surface area contributed by atoms with Crippen LogP contribution in [0.3, 0.4) is 0 Å². The van der Waals surface area contributed by atoms with E-state index >= 15 is 0 Å². The fraction of sp³-hybridized carbons (Fsp3) is 0.387. The van der Waals surface area contributed by atoms with E-state index in [1.807, 2.05) is 56.3 Å². The zero-order valence-corrected chi connectivity index (χ0v) is 22.4. The molecule has 3 aliphatic rings. The predicted molar refractivity (Wildman–Crippen MR) is 145 cm³/mol. The number of likely N-dealkylation sites (tertiary alicyclic amines) is 1. The van der Waals surface area contributed by atoms with E-state index in [9.17, 15) is 24.0 Å². The largest absolute Gasteiger partial charge is 0.462 e. The van der Waals surface area contributed by atoms with E-state index < -0.39 is 42.3 Å². The van der Waals surface area contributed by atoms with Crippen LogP contribution in [0.2, 0.25) is 0 Å². The number of ether oxygens (including phenoxy) is 2. The van der Waals surface area contributed by atoms with Crippen LogP contribution >= 0.6 is 0 Å². The van der Waals surface area contributed by atoms with E-state index in [1.165, 1.54) is 12.1 Å². The molecule has 9 nitrogen and oxygen atoms in total. The molecule has 1 aliphatic heterocycles. The summed E-state index contributed by atoms with van der Waals surface area (Å²) in [5.74, 6) is -3.20. The normalized spacial score (nSPS) is 23.3. The van der Waals surface area contributed by atoms with Crippen molar-refractivity contribution in [1.29, 1.82) is 0 Å². The molecule has 208 valence electrons. The van der Waals surface area contributed by atoms with Crippen molar-refractivity contribution in [2.75, 3.05) is 18.5 Å². The number of anilines is 1. The Labute approximate surface area is 232 Å². The van der Waals surface area contributed by atoms with Gasteiger partial charge in [-0.05, 0) is 54.0 Å². The number of allylic oxidation sites excluding steroid dienone is 2. The molecule has 2 aromatic carbocycles. The van der Waals surface area contributed by atoms with Crippen molar-refractivity contribution >= 4 is 35.3 Å². The van der Waals surface area contributed by atoms with Crippen LogP contribution in [0.4, 0.5) is 5.69 Å². The maximum absolute atomic E-state index is 13.4. The van der Waals surface area contributed by atoms with Gasteiger partial charge in [-0.1, -0.05) is 56.3 Å². The van der Waals surface area contributed by atoms with E-state index in [-0.39, 0.29) is 36.0 Å². The summed E-state index contributed by atoms with van der Waals surface area (Å²) in [5, 5.41) is 2.62. The summed E-state index contributed by atoms with van der Waals surface area (Å²) in [5.41, 5.74) is 1.52. The number of esters is 2. The van der Waals surface area contributed by atoms with Gasteiger partial charge in [-0.15, -0.1) is 0 Å². The zero-order chi connectivity index (χ0) is 28.4. The molecule has 9 heteroatoms. The summed E-state index contributed by atoms with van der Waals surface area (Å²) < 4.78 is 10.5. The Hall–Kier alpha value is -4.27. The minimum absolute atomic E-state index is 0.0130. The number of imide groups is 1. The van der Waals surface area contributed by atoms with Gasteiger partial charge in [-0.3, -0.25) is 19.3 Å². The Kier molecular flexibility index (Phi) is 7.82. The lowest BCUT2D eigenvalue weighted by Crippen LogP contribution is -2.48. The van der Waals surface area contributed by atoms with Gasteiger partial charge in [0.2, 0.25) is 11.8 Å². The maximum Gasteiger partial charge on any atom is 0.338 e. The fourth-order valence-electron chi connectivity index (χ4n) is 5.80. The number of nitrogens with one attached hydrogen (secondary N) is 1. The molecular formula is C31H32N2O7. The van der Waals surface area contributed by atoms with Gasteiger partial charge in [0.1, 0.15) is 6.04 Å². The van der Waals surface area contributed by atoms with Crippen LogP contribution in [-0.2, 0) is 35.1 Å². The van der Waals surface area contributed by atoms with E-state index in [4.69, 9.17) is 9.47 Å². The van der Waals surface area contributed by atoms with Crippen LogP contribution in [0.1, 0.15) is 36.2 Å². The monoisotopic (exact) mass is 544 g/mol. The third-order valence-electron chi connectivity index (χ3n) is 7.66. The minimum atomic E-state index is -1.17. The lowest BCUT2D eigenvalue weighted by molar-refractivity contribution is -0.160. The molecule has 1 N–H and O–H groups in total. The molecule has 2 fully saturated rings. The average molecular weight is 545 g/mol. The van der Waals surface area contributed by atoms with Gasteiger partial charge in [-0.25, -0.2) is 9.59 Å². The second kappa shape index (κ2) is 11.5. The Bertz CT molecular complexity index is 1310. The Morgan fingerprint density at radius 3 is 2.12 bits per heavy atom. The number of carbonyl (C=O) groups is 5. The van der Waals surface area contributed by atoms with E-state index in [2.05, 4.69) is 5.32 Å².